The second kappa shape index (κ2) is 5.16. The third-order valence-electron chi connectivity index (χ3n) is 3.15. The molecular formula is C13H23NO4. The van der Waals surface area contributed by atoms with Gasteiger partial charge in [-0.05, 0) is 47.0 Å². The van der Waals surface area contributed by atoms with E-state index in [2.05, 4.69) is 0 Å². The number of nitrogens with zero attached hydrogens (tertiary/aromatic N) is 1. The number of esters is 1. The van der Waals surface area contributed by atoms with E-state index in [0.717, 1.165) is 6.42 Å². The Hall–Kier alpha value is -1.26. The van der Waals surface area contributed by atoms with Crippen molar-refractivity contribution >= 4 is 12.1 Å². The summed E-state index contributed by atoms with van der Waals surface area (Å²) in [5.41, 5.74) is -1.39. The standard InChI is InChI=1S/C13H23NO4/c1-6-17-10(15)13(8-7-9-13)14(5)11(16)18-12(2,3)4/h6-9H2,1-5H3. The molecule has 0 bridgehead atoms. The molecule has 0 aromatic rings. The van der Waals surface area contributed by atoms with E-state index in [4.69, 9.17) is 9.47 Å². The predicted octanol–water partition coefficient (Wildman–Crippen LogP) is 2.34. The van der Waals surface area contributed by atoms with Crippen LogP contribution in [0.3, 0.4) is 0 Å². The van der Waals surface area contributed by atoms with Crippen molar-refractivity contribution < 1.29 is 19.1 Å². The van der Waals surface area contributed by atoms with Crippen molar-refractivity contribution in [3.63, 3.8) is 0 Å². The number of likely N-dealkylation sites (N-methyl/N-ethyl adjacent to an activating group) is 1. The molecule has 1 aliphatic carbocycles. The molecule has 1 amide bonds. The molecule has 1 saturated carbocycles. The molecule has 18 heavy (non-hydrogen) atoms. The third-order valence-corrected chi connectivity index (χ3v) is 3.15. The van der Waals surface area contributed by atoms with Crippen LogP contribution < -0.4 is 0 Å². The van der Waals surface area contributed by atoms with Gasteiger partial charge in [-0.3, -0.25) is 4.90 Å². The monoisotopic (exact) mass is 257 g/mol. The highest BCUT2D eigenvalue weighted by Crippen LogP contribution is 2.38. The van der Waals surface area contributed by atoms with E-state index in [-0.39, 0.29) is 5.97 Å². The van der Waals surface area contributed by atoms with Crippen LogP contribution in [0.2, 0.25) is 0 Å². The minimum Gasteiger partial charge on any atom is -0.464 e. The summed E-state index contributed by atoms with van der Waals surface area (Å²) in [4.78, 5) is 25.4. The summed E-state index contributed by atoms with van der Waals surface area (Å²) in [6, 6.07) is 0. The van der Waals surface area contributed by atoms with Gasteiger partial charge in [0.25, 0.3) is 0 Å². The van der Waals surface area contributed by atoms with Gasteiger partial charge < -0.3 is 9.47 Å². The number of rotatable bonds is 3. The number of hydrogen-bond acceptors (Lipinski definition) is 4. The quantitative estimate of drug-likeness (QED) is 0.728. The van der Waals surface area contributed by atoms with Gasteiger partial charge in [0.05, 0.1) is 6.61 Å². The van der Waals surface area contributed by atoms with Crippen LogP contribution in [0, 0.1) is 0 Å². The fraction of sp³-hybridized carbons (Fsp3) is 0.846. The van der Waals surface area contributed by atoms with Gasteiger partial charge in [0, 0.05) is 7.05 Å². The summed E-state index contributed by atoms with van der Waals surface area (Å²) >= 11 is 0. The molecule has 104 valence electrons. The van der Waals surface area contributed by atoms with Crippen LogP contribution in [0.5, 0.6) is 0 Å². The highest BCUT2D eigenvalue weighted by atomic mass is 16.6. The lowest BCUT2D eigenvalue weighted by atomic mass is 9.75. The highest BCUT2D eigenvalue weighted by Gasteiger charge is 2.51. The molecular weight excluding hydrogens is 234 g/mol. The van der Waals surface area contributed by atoms with Crippen LogP contribution in [-0.2, 0) is 14.3 Å². The SMILES string of the molecule is CCOC(=O)C1(N(C)C(=O)OC(C)(C)C)CCC1. The fourth-order valence-corrected chi connectivity index (χ4v) is 1.96. The van der Waals surface area contributed by atoms with Gasteiger partial charge in [-0.1, -0.05) is 0 Å². The smallest absolute Gasteiger partial charge is 0.410 e. The first kappa shape index (κ1) is 14.8. The minimum atomic E-state index is -0.821. The maximum Gasteiger partial charge on any atom is 0.410 e. The topological polar surface area (TPSA) is 55.8 Å². The summed E-state index contributed by atoms with van der Waals surface area (Å²) in [7, 11) is 1.60. The predicted molar refractivity (Wildman–Crippen MR) is 67.2 cm³/mol. The lowest BCUT2D eigenvalue weighted by molar-refractivity contribution is -0.162. The first-order valence-corrected chi connectivity index (χ1v) is 6.37. The van der Waals surface area contributed by atoms with Gasteiger partial charge in [-0.15, -0.1) is 0 Å². The summed E-state index contributed by atoms with van der Waals surface area (Å²) in [6.45, 7) is 7.49. The van der Waals surface area contributed by atoms with Gasteiger partial charge in [0.2, 0.25) is 0 Å². The second-order valence-corrected chi connectivity index (χ2v) is 5.64. The van der Waals surface area contributed by atoms with E-state index in [1.165, 1.54) is 4.90 Å². The lowest BCUT2D eigenvalue weighted by Gasteiger charge is -2.45. The van der Waals surface area contributed by atoms with Crippen LogP contribution in [0.25, 0.3) is 0 Å². The van der Waals surface area contributed by atoms with Crippen LogP contribution in [0.1, 0.15) is 47.0 Å². The largest absolute Gasteiger partial charge is 0.464 e. The Labute approximate surface area is 108 Å². The van der Waals surface area contributed by atoms with Crippen molar-refractivity contribution in [3.8, 4) is 0 Å². The molecule has 1 fully saturated rings. The van der Waals surface area contributed by atoms with Gasteiger partial charge >= 0.3 is 12.1 Å². The Kier molecular flexibility index (Phi) is 4.24. The van der Waals surface area contributed by atoms with Gasteiger partial charge in [0.1, 0.15) is 11.1 Å². The fourth-order valence-electron chi connectivity index (χ4n) is 1.96. The van der Waals surface area contributed by atoms with Gasteiger partial charge in [0.15, 0.2) is 0 Å². The van der Waals surface area contributed by atoms with Crippen LogP contribution in [-0.4, -0.2) is 41.8 Å². The summed E-state index contributed by atoms with van der Waals surface area (Å²) in [6.07, 6.45) is 1.73. The van der Waals surface area contributed by atoms with E-state index >= 15 is 0 Å². The number of amides is 1. The Morgan fingerprint density at radius 2 is 1.83 bits per heavy atom. The van der Waals surface area contributed by atoms with Crippen LogP contribution >= 0.6 is 0 Å². The van der Waals surface area contributed by atoms with E-state index < -0.39 is 17.2 Å². The molecule has 1 aliphatic rings. The van der Waals surface area contributed by atoms with Crippen molar-refractivity contribution in [1.82, 2.24) is 4.90 Å². The molecule has 1 rings (SSSR count). The van der Waals surface area contributed by atoms with Gasteiger partial charge in [-0.2, -0.15) is 0 Å². The van der Waals surface area contributed by atoms with E-state index in [1.54, 1.807) is 34.7 Å². The van der Waals surface area contributed by atoms with E-state index in [0.29, 0.717) is 19.4 Å². The van der Waals surface area contributed by atoms with Crippen molar-refractivity contribution in [2.24, 2.45) is 0 Å². The first-order chi connectivity index (χ1) is 8.23. The molecule has 0 unspecified atom stereocenters. The Balaban J connectivity index is 2.76. The molecule has 0 atom stereocenters. The van der Waals surface area contributed by atoms with Crippen LogP contribution in [0.4, 0.5) is 4.79 Å². The Morgan fingerprint density at radius 3 is 2.17 bits per heavy atom. The maximum atomic E-state index is 12.0. The molecule has 0 aromatic carbocycles. The van der Waals surface area contributed by atoms with E-state index in [9.17, 15) is 9.59 Å². The normalized spacial score (nSPS) is 17.6. The zero-order valence-corrected chi connectivity index (χ0v) is 11.9. The summed E-state index contributed by atoms with van der Waals surface area (Å²) < 4.78 is 10.4. The maximum absolute atomic E-state index is 12.0. The minimum absolute atomic E-state index is 0.322. The number of carbonyl (C=O) groups excluding carboxylic acids is 2. The second-order valence-electron chi connectivity index (χ2n) is 5.64. The summed E-state index contributed by atoms with van der Waals surface area (Å²) in [5, 5.41) is 0. The zero-order chi connectivity index (χ0) is 14.0. The molecule has 0 heterocycles. The van der Waals surface area contributed by atoms with Crippen molar-refractivity contribution in [1.29, 1.82) is 0 Å². The average molecular weight is 257 g/mol. The molecule has 0 saturated heterocycles. The molecule has 5 heteroatoms. The Morgan fingerprint density at radius 1 is 1.28 bits per heavy atom. The van der Waals surface area contributed by atoms with Crippen molar-refractivity contribution in [3.05, 3.63) is 0 Å². The highest BCUT2D eigenvalue weighted by molar-refractivity contribution is 5.86. The van der Waals surface area contributed by atoms with Crippen molar-refractivity contribution in [2.75, 3.05) is 13.7 Å². The Bertz CT molecular complexity index is 328. The molecule has 0 N–H and O–H groups in total. The van der Waals surface area contributed by atoms with Crippen LogP contribution in [0.15, 0.2) is 0 Å². The molecule has 0 spiro atoms. The molecule has 5 nitrogen and oxygen atoms in total. The molecule has 0 aromatic heterocycles. The summed E-state index contributed by atoms with van der Waals surface area (Å²) in [5.74, 6) is -0.329. The number of hydrogen-bond donors (Lipinski definition) is 0. The zero-order valence-electron chi connectivity index (χ0n) is 11.9. The number of ether oxygens (including phenoxy) is 2. The first-order valence-electron chi connectivity index (χ1n) is 6.37. The average Bonchev–Trinajstić information content (AvgIpc) is 2.13. The third kappa shape index (κ3) is 2.94. The van der Waals surface area contributed by atoms with Gasteiger partial charge in [-0.25, -0.2) is 9.59 Å². The molecule has 0 radical (unpaired) electrons. The van der Waals surface area contributed by atoms with E-state index in [1.807, 2.05) is 0 Å². The van der Waals surface area contributed by atoms with Crippen molar-refractivity contribution in [2.45, 2.75) is 58.1 Å². The molecule has 0 aliphatic heterocycles. The number of carbonyl (C=O) groups is 2. The lowest BCUT2D eigenvalue weighted by Crippen LogP contribution is -2.60.